The van der Waals surface area contributed by atoms with Gasteiger partial charge in [-0.15, -0.1) is 0 Å². The van der Waals surface area contributed by atoms with E-state index < -0.39 is 0 Å². The van der Waals surface area contributed by atoms with Crippen molar-refractivity contribution in [3.63, 3.8) is 0 Å². The van der Waals surface area contributed by atoms with Gasteiger partial charge in [-0.1, -0.05) is 30.3 Å². The monoisotopic (exact) mass is 299 g/mol. The molecule has 1 saturated heterocycles. The second-order valence-electron chi connectivity index (χ2n) is 5.81. The van der Waals surface area contributed by atoms with Gasteiger partial charge in [-0.2, -0.15) is 0 Å². The lowest BCUT2D eigenvalue weighted by atomic mass is 10.2. The van der Waals surface area contributed by atoms with E-state index in [9.17, 15) is 4.39 Å². The maximum absolute atomic E-state index is 14.1. The van der Waals surface area contributed by atoms with E-state index >= 15 is 0 Å². The summed E-state index contributed by atoms with van der Waals surface area (Å²) >= 11 is 0. The Balaban J connectivity index is 1.64. The maximum Gasteiger partial charge on any atom is 0.148 e. The van der Waals surface area contributed by atoms with E-state index in [1.54, 1.807) is 12.1 Å². The highest BCUT2D eigenvalue weighted by molar-refractivity contribution is 5.54. The molecular weight excluding hydrogens is 277 g/mol. The predicted molar refractivity (Wildman–Crippen MR) is 89.4 cm³/mol. The Morgan fingerprint density at radius 3 is 2.55 bits per heavy atom. The first-order valence-corrected chi connectivity index (χ1v) is 7.78. The Morgan fingerprint density at radius 1 is 0.955 bits per heavy atom. The van der Waals surface area contributed by atoms with E-state index in [0.29, 0.717) is 11.4 Å². The van der Waals surface area contributed by atoms with Crippen LogP contribution in [0.3, 0.4) is 0 Å². The standard InChI is InChI=1S/C18H22FN3/c19-17-13-16(20)7-8-18(17)22-10-4-9-21(11-12-22)14-15-5-2-1-3-6-15/h1-3,5-8,13H,4,9-12,14,20H2. The third kappa shape index (κ3) is 3.57. The summed E-state index contributed by atoms with van der Waals surface area (Å²) in [5.41, 5.74) is 8.09. The third-order valence-electron chi connectivity index (χ3n) is 4.15. The van der Waals surface area contributed by atoms with Crippen molar-refractivity contribution in [3.05, 3.63) is 59.9 Å². The van der Waals surface area contributed by atoms with Gasteiger partial charge in [-0.05, 0) is 30.2 Å². The molecule has 1 aliphatic heterocycles. The van der Waals surface area contributed by atoms with Gasteiger partial charge in [0.2, 0.25) is 0 Å². The fourth-order valence-corrected chi connectivity index (χ4v) is 2.99. The number of hydrogen-bond donors (Lipinski definition) is 1. The summed E-state index contributed by atoms with van der Waals surface area (Å²) in [5.74, 6) is -0.225. The summed E-state index contributed by atoms with van der Waals surface area (Å²) in [4.78, 5) is 4.56. The van der Waals surface area contributed by atoms with E-state index in [2.05, 4.69) is 34.1 Å². The number of nitrogens with zero attached hydrogens (tertiary/aromatic N) is 2. The third-order valence-corrected chi connectivity index (χ3v) is 4.15. The zero-order valence-corrected chi connectivity index (χ0v) is 12.7. The lowest BCUT2D eigenvalue weighted by Gasteiger charge is -2.24. The highest BCUT2D eigenvalue weighted by Crippen LogP contribution is 2.23. The molecule has 0 unspecified atom stereocenters. The van der Waals surface area contributed by atoms with Crippen molar-refractivity contribution in [2.45, 2.75) is 13.0 Å². The Bertz CT molecular complexity index is 615. The Labute approximate surface area is 131 Å². The summed E-state index contributed by atoms with van der Waals surface area (Å²) < 4.78 is 14.1. The summed E-state index contributed by atoms with van der Waals surface area (Å²) in [6.45, 7) is 4.67. The molecule has 22 heavy (non-hydrogen) atoms. The van der Waals surface area contributed by atoms with Gasteiger partial charge >= 0.3 is 0 Å². The number of nitrogens with two attached hydrogens (primary N) is 1. The molecule has 0 amide bonds. The van der Waals surface area contributed by atoms with Crippen LogP contribution in [0.1, 0.15) is 12.0 Å². The van der Waals surface area contributed by atoms with E-state index in [-0.39, 0.29) is 5.82 Å². The highest BCUT2D eigenvalue weighted by Gasteiger charge is 2.17. The zero-order chi connectivity index (χ0) is 15.4. The number of halogens is 1. The summed E-state index contributed by atoms with van der Waals surface area (Å²) in [6.07, 6.45) is 1.04. The van der Waals surface area contributed by atoms with Crippen molar-refractivity contribution in [1.29, 1.82) is 0 Å². The largest absolute Gasteiger partial charge is 0.399 e. The van der Waals surface area contributed by atoms with Crippen LogP contribution in [0, 0.1) is 5.82 Å². The van der Waals surface area contributed by atoms with Crippen LogP contribution in [0.2, 0.25) is 0 Å². The first-order chi connectivity index (χ1) is 10.7. The van der Waals surface area contributed by atoms with Crippen molar-refractivity contribution in [1.82, 2.24) is 4.90 Å². The van der Waals surface area contributed by atoms with Crippen molar-refractivity contribution in [2.75, 3.05) is 36.8 Å². The van der Waals surface area contributed by atoms with Crippen LogP contribution in [-0.4, -0.2) is 31.1 Å². The molecule has 0 spiro atoms. The lowest BCUT2D eigenvalue weighted by Crippen LogP contribution is -2.31. The molecule has 0 atom stereocenters. The van der Waals surface area contributed by atoms with Crippen LogP contribution >= 0.6 is 0 Å². The van der Waals surface area contributed by atoms with Crippen LogP contribution in [0.5, 0.6) is 0 Å². The number of benzene rings is 2. The van der Waals surface area contributed by atoms with Gasteiger partial charge in [0.15, 0.2) is 0 Å². The lowest BCUT2D eigenvalue weighted by molar-refractivity contribution is 0.285. The number of nitrogen functional groups attached to an aromatic ring is 1. The molecule has 2 aromatic carbocycles. The number of rotatable bonds is 3. The molecule has 0 aromatic heterocycles. The van der Waals surface area contributed by atoms with E-state index in [0.717, 1.165) is 39.1 Å². The van der Waals surface area contributed by atoms with Gasteiger partial charge in [0.05, 0.1) is 5.69 Å². The SMILES string of the molecule is Nc1ccc(N2CCCN(Cc3ccccc3)CC2)c(F)c1. The highest BCUT2D eigenvalue weighted by atomic mass is 19.1. The molecule has 1 fully saturated rings. The van der Waals surface area contributed by atoms with Crippen molar-refractivity contribution in [3.8, 4) is 0 Å². The number of hydrogen-bond acceptors (Lipinski definition) is 3. The minimum absolute atomic E-state index is 0.225. The zero-order valence-electron chi connectivity index (χ0n) is 12.7. The fourth-order valence-electron chi connectivity index (χ4n) is 2.99. The van der Waals surface area contributed by atoms with Gasteiger partial charge in [0.1, 0.15) is 5.82 Å². The Morgan fingerprint density at radius 2 is 1.77 bits per heavy atom. The second-order valence-corrected chi connectivity index (χ2v) is 5.81. The Kier molecular flexibility index (Phi) is 4.59. The van der Waals surface area contributed by atoms with Crippen LogP contribution < -0.4 is 10.6 Å². The second kappa shape index (κ2) is 6.79. The molecule has 3 nitrogen and oxygen atoms in total. The molecule has 4 heteroatoms. The van der Waals surface area contributed by atoms with Crippen LogP contribution in [0.15, 0.2) is 48.5 Å². The van der Waals surface area contributed by atoms with E-state index in [1.807, 2.05) is 6.07 Å². The molecule has 116 valence electrons. The Hall–Kier alpha value is -2.07. The molecule has 1 heterocycles. The predicted octanol–water partition coefficient (Wildman–Crippen LogP) is 3.12. The van der Waals surface area contributed by atoms with Crippen molar-refractivity contribution < 1.29 is 4.39 Å². The molecule has 2 aromatic rings. The topological polar surface area (TPSA) is 32.5 Å². The molecule has 0 bridgehead atoms. The summed E-state index contributed by atoms with van der Waals surface area (Å²) in [6, 6.07) is 15.5. The smallest absolute Gasteiger partial charge is 0.148 e. The first kappa shape index (κ1) is 14.9. The van der Waals surface area contributed by atoms with E-state index in [1.165, 1.54) is 11.6 Å². The van der Waals surface area contributed by atoms with Crippen LogP contribution in [-0.2, 0) is 6.54 Å². The fraction of sp³-hybridized carbons (Fsp3) is 0.333. The quantitative estimate of drug-likeness (QED) is 0.884. The molecule has 0 aliphatic carbocycles. The first-order valence-electron chi connectivity index (χ1n) is 7.78. The maximum atomic E-state index is 14.1. The minimum Gasteiger partial charge on any atom is -0.399 e. The van der Waals surface area contributed by atoms with Gasteiger partial charge in [-0.3, -0.25) is 4.90 Å². The molecule has 0 saturated carbocycles. The summed E-state index contributed by atoms with van der Waals surface area (Å²) in [5, 5.41) is 0. The van der Waals surface area contributed by atoms with Gasteiger partial charge in [0, 0.05) is 38.4 Å². The molecule has 3 rings (SSSR count). The summed E-state index contributed by atoms with van der Waals surface area (Å²) in [7, 11) is 0. The molecule has 1 aliphatic rings. The minimum atomic E-state index is -0.225. The average Bonchev–Trinajstić information content (AvgIpc) is 2.74. The molecular formula is C18H22FN3. The number of anilines is 2. The van der Waals surface area contributed by atoms with Crippen LogP contribution in [0.4, 0.5) is 15.8 Å². The normalized spacial score (nSPS) is 16.5. The molecule has 0 radical (unpaired) electrons. The van der Waals surface area contributed by atoms with Crippen LogP contribution in [0.25, 0.3) is 0 Å². The van der Waals surface area contributed by atoms with Crippen molar-refractivity contribution in [2.24, 2.45) is 0 Å². The average molecular weight is 299 g/mol. The van der Waals surface area contributed by atoms with Gasteiger partial charge < -0.3 is 10.6 Å². The van der Waals surface area contributed by atoms with E-state index in [4.69, 9.17) is 5.73 Å². The van der Waals surface area contributed by atoms with Crippen molar-refractivity contribution >= 4 is 11.4 Å². The van der Waals surface area contributed by atoms with Gasteiger partial charge in [0.25, 0.3) is 0 Å². The van der Waals surface area contributed by atoms with Gasteiger partial charge in [-0.25, -0.2) is 4.39 Å². The molecule has 2 N–H and O–H groups in total.